The van der Waals surface area contributed by atoms with E-state index in [0.717, 1.165) is 24.2 Å². The molecule has 0 amide bonds. The molecule has 1 aliphatic rings. The van der Waals surface area contributed by atoms with Gasteiger partial charge in [-0.1, -0.05) is 30.9 Å². The van der Waals surface area contributed by atoms with E-state index in [1.54, 1.807) is 20.1 Å². The summed E-state index contributed by atoms with van der Waals surface area (Å²) >= 11 is 0. The van der Waals surface area contributed by atoms with Gasteiger partial charge in [-0.05, 0) is 42.7 Å². The average molecular weight is 285 g/mol. The third-order valence-electron chi connectivity index (χ3n) is 3.42. The number of methoxy groups -OCH3 is 1. The largest absolute Gasteiger partial charge is 0.497 e. The highest BCUT2D eigenvalue weighted by atomic mass is 19.1. The normalized spacial score (nSPS) is 14.0. The van der Waals surface area contributed by atoms with E-state index >= 15 is 0 Å². The minimum absolute atomic E-state index is 0.178. The van der Waals surface area contributed by atoms with Crippen LogP contribution in [-0.4, -0.2) is 13.7 Å². The smallest absolute Gasteiger partial charge is 0.126 e. The molecule has 0 spiro atoms. The van der Waals surface area contributed by atoms with Gasteiger partial charge in [-0.3, -0.25) is 0 Å². The highest BCUT2D eigenvalue weighted by Crippen LogP contribution is 2.18. The van der Waals surface area contributed by atoms with Crippen LogP contribution in [0.5, 0.6) is 0 Å². The second-order valence-corrected chi connectivity index (χ2v) is 5.00. The molecular weight excluding hydrogens is 265 g/mol. The van der Waals surface area contributed by atoms with Crippen molar-refractivity contribution in [3.05, 3.63) is 77.4 Å². The first-order valence-corrected chi connectivity index (χ1v) is 6.89. The summed E-state index contributed by atoms with van der Waals surface area (Å²) in [5.74, 6) is 0.480. The molecule has 0 aliphatic heterocycles. The molecule has 1 aromatic rings. The molecule has 0 bridgehead atoms. The monoisotopic (exact) mass is 285 g/mol. The molecule has 0 fully saturated rings. The number of anilines is 1. The molecule has 1 aliphatic carbocycles. The van der Waals surface area contributed by atoms with E-state index in [0.29, 0.717) is 11.3 Å². The predicted molar refractivity (Wildman–Crippen MR) is 85.7 cm³/mol. The topological polar surface area (TPSA) is 21.3 Å². The maximum absolute atomic E-state index is 13.2. The lowest BCUT2D eigenvalue weighted by Gasteiger charge is -2.09. The molecule has 2 nitrogen and oxygen atoms in total. The molecule has 0 saturated heterocycles. The molecule has 2 rings (SSSR count). The Hall–Kier alpha value is -2.29. The molecule has 3 heteroatoms. The summed E-state index contributed by atoms with van der Waals surface area (Å²) in [6.45, 7) is 6.34. The zero-order chi connectivity index (χ0) is 15.2. The highest BCUT2D eigenvalue weighted by molar-refractivity contribution is 5.48. The van der Waals surface area contributed by atoms with E-state index in [1.807, 2.05) is 18.2 Å². The molecular formula is C18H20FNO. The van der Waals surface area contributed by atoms with Gasteiger partial charge in [0, 0.05) is 17.8 Å². The molecule has 0 radical (unpaired) electrons. The summed E-state index contributed by atoms with van der Waals surface area (Å²) in [6, 6.07) is 5.06. The maximum atomic E-state index is 13.2. The average Bonchev–Trinajstić information content (AvgIpc) is 2.73. The van der Waals surface area contributed by atoms with Crippen LogP contribution in [0.1, 0.15) is 12.0 Å². The minimum Gasteiger partial charge on any atom is -0.497 e. The van der Waals surface area contributed by atoms with Gasteiger partial charge in [-0.2, -0.15) is 0 Å². The van der Waals surface area contributed by atoms with Crippen LogP contribution in [0.4, 0.5) is 10.1 Å². The maximum Gasteiger partial charge on any atom is 0.126 e. The van der Waals surface area contributed by atoms with Crippen molar-refractivity contribution in [2.45, 2.75) is 13.3 Å². The van der Waals surface area contributed by atoms with Crippen LogP contribution in [0.15, 0.2) is 66.0 Å². The van der Waals surface area contributed by atoms with Crippen molar-refractivity contribution in [3.8, 4) is 0 Å². The fraction of sp³-hybridized carbons (Fsp3) is 0.222. The molecule has 0 aromatic heterocycles. The van der Waals surface area contributed by atoms with E-state index < -0.39 is 0 Å². The van der Waals surface area contributed by atoms with Crippen LogP contribution < -0.4 is 5.32 Å². The van der Waals surface area contributed by atoms with Gasteiger partial charge in [0.25, 0.3) is 0 Å². The van der Waals surface area contributed by atoms with Crippen molar-refractivity contribution in [1.82, 2.24) is 0 Å². The van der Waals surface area contributed by atoms with Crippen LogP contribution >= 0.6 is 0 Å². The van der Waals surface area contributed by atoms with Crippen LogP contribution in [-0.2, 0) is 4.74 Å². The number of benzene rings is 1. The summed E-state index contributed by atoms with van der Waals surface area (Å²) in [5, 5.41) is 3.32. The van der Waals surface area contributed by atoms with E-state index in [4.69, 9.17) is 4.74 Å². The lowest BCUT2D eigenvalue weighted by atomic mass is 10.1. The second-order valence-electron chi connectivity index (χ2n) is 5.00. The molecule has 0 heterocycles. The van der Waals surface area contributed by atoms with Crippen molar-refractivity contribution in [2.24, 2.45) is 0 Å². The number of allylic oxidation sites excluding steroid dienone is 4. The Labute approximate surface area is 125 Å². The van der Waals surface area contributed by atoms with Crippen LogP contribution in [0, 0.1) is 12.7 Å². The molecule has 0 unspecified atom stereocenters. The van der Waals surface area contributed by atoms with Gasteiger partial charge in [-0.15, -0.1) is 0 Å². The molecule has 1 N–H and O–H groups in total. The second kappa shape index (κ2) is 6.93. The van der Waals surface area contributed by atoms with Crippen LogP contribution in [0.2, 0.25) is 0 Å². The molecule has 21 heavy (non-hydrogen) atoms. The first-order chi connectivity index (χ1) is 10.1. The highest BCUT2D eigenvalue weighted by Gasteiger charge is 2.04. The Morgan fingerprint density at radius 3 is 2.90 bits per heavy atom. The number of ether oxygens (including phenoxy) is 1. The number of aryl methyl sites for hydroxylation is 1. The van der Waals surface area contributed by atoms with Crippen molar-refractivity contribution >= 4 is 5.69 Å². The molecule has 0 saturated carbocycles. The van der Waals surface area contributed by atoms with Gasteiger partial charge in [0.2, 0.25) is 0 Å². The number of hydrogen-bond acceptors (Lipinski definition) is 2. The summed E-state index contributed by atoms with van der Waals surface area (Å²) in [5.41, 5.74) is 3.79. The van der Waals surface area contributed by atoms with Crippen LogP contribution in [0.3, 0.4) is 0 Å². The fourth-order valence-electron chi connectivity index (χ4n) is 2.07. The van der Waals surface area contributed by atoms with E-state index in [1.165, 1.54) is 11.6 Å². The van der Waals surface area contributed by atoms with E-state index in [-0.39, 0.29) is 5.82 Å². The van der Waals surface area contributed by atoms with Gasteiger partial charge in [0.1, 0.15) is 11.6 Å². The van der Waals surface area contributed by atoms with Gasteiger partial charge in [0.15, 0.2) is 0 Å². The quantitative estimate of drug-likeness (QED) is 0.803. The summed E-state index contributed by atoms with van der Waals surface area (Å²) < 4.78 is 18.4. The van der Waals surface area contributed by atoms with Crippen molar-refractivity contribution in [2.75, 3.05) is 19.0 Å². The Kier molecular flexibility index (Phi) is 4.99. The van der Waals surface area contributed by atoms with Gasteiger partial charge in [0.05, 0.1) is 7.11 Å². The van der Waals surface area contributed by atoms with Gasteiger partial charge >= 0.3 is 0 Å². The number of hydrogen-bond donors (Lipinski definition) is 1. The third-order valence-corrected chi connectivity index (χ3v) is 3.42. The Bertz CT molecular complexity index is 626. The first kappa shape index (κ1) is 15.1. The Morgan fingerprint density at radius 2 is 2.19 bits per heavy atom. The number of nitrogens with one attached hydrogen (secondary N) is 1. The molecule has 110 valence electrons. The zero-order valence-electron chi connectivity index (χ0n) is 12.4. The lowest BCUT2D eigenvalue weighted by molar-refractivity contribution is 0.304. The summed E-state index contributed by atoms with van der Waals surface area (Å²) in [4.78, 5) is 0. The third kappa shape index (κ3) is 4.09. The van der Waals surface area contributed by atoms with Gasteiger partial charge in [-0.25, -0.2) is 4.39 Å². The Balaban J connectivity index is 2.02. The summed E-state index contributed by atoms with van der Waals surface area (Å²) in [6.07, 6.45) is 9.04. The lowest BCUT2D eigenvalue weighted by Crippen LogP contribution is -2.04. The van der Waals surface area contributed by atoms with Crippen molar-refractivity contribution in [1.29, 1.82) is 0 Å². The number of rotatable bonds is 5. The van der Waals surface area contributed by atoms with E-state index in [9.17, 15) is 4.39 Å². The standard InChI is InChI=1S/C18H20FNO/c1-13-11-17(9-10-18(13)19)20-12-15-5-4-6-16(8-7-15)14(2)21-3/h4,6-11,20H,2,5,12H2,1,3H3. The van der Waals surface area contributed by atoms with E-state index in [2.05, 4.69) is 24.0 Å². The molecule has 0 atom stereocenters. The van der Waals surface area contributed by atoms with Gasteiger partial charge < -0.3 is 10.1 Å². The molecule has 1 aromatic carbocycles. The van der Waals surface area contributed by atoms with Crippen LogP contribution in [0.25, 0.3) is 0 Å². The SMILES string of the molecule is C=C(OC)C1=CC=C(CNc2ccc(F)c(C)c2)CC=C1. The first-order valence-electron chi connectivity index (χ1n) is 6.89. The Morgan fingerprint density at radius 1 is 1.38 bits per heavy atom. The summed E-state index contributed by atoms with van der Waals surface area (Å²) in [7, 11) is 1.62. The van der Waals surface area contributed by atoms with Crippen molar-refractivity contribution in [3.63, 3.8) is 0 Å². The minimum atomic E-state index is -0.178. The fourth-order valence-corrected chi connectivity index (χ4v) is 2.07. The number of halogens is 1. The zero-order valence-corrected chi connectivity index (χ0v) is 12.4. The predicted octanol–water partition coefficient (Wildman–Crippen LogP) is 4.52. The van der Waals surface area contributed by atoms with Crippen molar-refractivity contribution < 1.29 is 9.13 Å².